The number of aryl methyl sites for hydroxylation is 2. The summed E-state index contributed by atoms with van der Waals surface area (Å²) < 4.78 is 4.62. The number of nitrogens with zero attached hydrogens (tertiary/aromatic N) is 1. The standard InChI is InChI=1S/C14H15NO2S/c1-17-14(16)9-12-10-18-13(15-12)8-7-11-5-3-2-4-6-11/h2-6,10H,7-9H2,1H3. The number of esters is 1. The van der Waals surface area contributed by atoms with E-state index in [2.05, 4.69) is 21.9 Å². The molecule has 0 spiro atoms. The van der Waals surface area contributed by atoms with Gasteiger partial charge in [-0.3, -0.25) is 4.79 Å². The van der Waals surface area contributed by atoms with Gasteiger partial charge in [0.2, 0.25) is 0 Å². The maximum atomic E-state index is 11.1. The molecular formula is C14H15NO2S. The number of ether oxygens (including phenoxy) is 1. The first kappa shape index (κ1) is 12.8. The summed E-state index contributed by atoms with van der Waals surface area (Å²) in [5, 5.41) is 3.00. The fourth-order valence-corrected chi connectivity index (χ4v) is 2.46. The van der Waals surface area contributed by atoms with Crippen LogP contribution in [0.15, 0.2) is 35.7 Å². The maximum absolute atomic E-state index is 11.1. The van der Waals surface area contributed by atoms with Gasteiger partial charge < -0.3 is 4.74 Å². The highest BCUT2D eigenvalue weighted by atomic mass is 32.1. The summed E-state index contributed by atoms with van der Waals surface area (Å²) in [6.07, 6.45) is 2.15. The van der Waals surface area contributed by atoms with Crippen molar-refractivity contribution in [1.29, 1.82) is 0 Å². The van der Waals surface area contributed by atoms with E-state index in [1.165, 1.54) is 12.7 Å². The maximum Gasteiger partial charge on any atom is 0.311 e. The van der Waals surface area contributed by atoms with Gasteiger partial charge >= 0.3 is 5.97 Å². The average molecular weight is 261 g/mol. The van der Waals surface area contributed by atoms with Crippen molar-refractivity contribution in [1.82, 2.24) is 4.98 Å². The fourth-order valence-electron chi connectivity index (χ4n) is 1.66. The van der Waals surface area contributed by atoms with Crippen LogP contribution in [0.4, 0.5) is 0 Å². The number of carbonyl (C=O) groups excluding carboxylic acids is 1. The Morgan fingerprint density at radius 2 is 2.06 bits per heavy atom. The summed E-state index contributed by atoms with van der Waals surface area (Å²) in [6, 6.07) is 10.3. The first-order valence-electron chi connectivity index (χ1n) is 5.82. The molecule has 94 valence electrons. The van der Waals surface area contributed by atoms with Crippen LogP contribution in [-0.2, 0) is 28.8 Å². The summed E-state index contributed by atoms with van der Waals surface area (Å²) in [4.78, 5) is 15.5. The van der Waals surface area contributed by atoms with Crippen LogP contribution in [0.25, 0.3) is 0 Å². The van der Waals surface area contributed by atoms with Gasteiger partial charge in [0.15, 0.2) is 0 Å². The Labute approximate surface area is 110 Å². The van der Waals surface area contributed by atoms with Crippen molar-refractivity contribution in [3.63, 3.8) is 0 Å². The van der Waals surface area contributed by atoms with Crippen molar-refractivity contribution < 1.29 is 9.53 Å². The molecule has 0 fully saturated rings. The van der Waals surface area contributed by atoms with Gasteiger partial charge in [-0.25, -0.2) is 4.98 Å². The highest BCUT2D eigenvalue weighted by Crippen LogP contribution is 2.13. The summed E-state index contributed by atoms with van der Waals surface area (Å²) in [5.41, 5.74) is 2.11. The number of rotatable bonds is 5. The van der Waals surface area contributed by atoms with Crippen LogP contribution in [0.1, 0.15) is 16.3 Å². The Morgan fingerprint density at radius 3 is 2.78 bits per heavy atom. The second-order valence-corrected chi connectivity index (χ2v) is 4.91. The minimum Gasteiger partial charge on any atom is -0.469 e. The summed E-state index contributed by atoms with van der Waals surface area (Å²) in [5.74, 6) is -0.241. The van der Waals surface area contributed by atoms with Gasteiger partial charge in [-0.1, -0.05) is 30.3 Å². The fraction of sp³-hybridized carbons (Fsp3) is 0.286. The third-order valence-corrected chi connectivity index (χ3v) is 3.58. The third-order valence-electron chi connectivity index (χ3n) is 2.62. The van der Waals surface area contributed by atoms with Crippen LogP contribution >= 0.6 is 11.3 Å². The SMILES string of the molecule is COC(=O)Cc1csc(CCc2ccccc2)n1. The van der Waals surface area contributed by atoms with E-state index in [1.54, 1.807) is 11.3 Å². The zero-order valence-corrected chi connectivity index (χ0v) is 11.1. The molecule has 2 aromatic rings. The third kappa shape index (κ3) is 3.67. The van der Waals surface area contributed by atoms with Crippen molar-refractivity contribution in [2.45, 2.75) is 19.3 Å². The molecule has 0 aliphatic rings. The minimum absolute atomic E-state index is 0.241. The van der Waals surface area contributed by atoms with Crippen LogP contribution in [0.5, 0.6) is 0 Å². The van der Waals surface area contributed by atoms with E-state index in [1.807, 2.05) is 23.6 Å². The number of hydrogen-bond acceptors (Lipinski definition) is 4. The molecule has 0 amide bonds. The molecule has 0 aliphatic heterocycles. The van der Waals surface area contributed by atoms with E-state index in [9.17, 15) is 4.79 Å². The van der Waals surface area contributed by atoms with Crippen molar-refractivity contribution >= 4 is 17.3 Å². The molecule has 4 heteroatoms. The van der Waals surface area contributed by atoms with Gasteiger partial charge in [0, 0.05) is 11.8 Å². The molecule has 0 N–H and O–H groups in total. The van der Waals surface area contributed by atoms with Gasteiger partial charge in [0.1, 0.15) is 0 Å². The number of hydrogen-bond donors (Lipinski definition) is 0. The molecule has 1 aromatic heterocycles. The first-order valence-corrected chi connectivity index (χ1v) is 6.70. The molecule has 0 unspecified atom stereocenters. The van der Waals surface area contributed by atoms with Gasteiger partial charge in [0.25, 0.3) is 0 Å². The van der Waals surface area contributed by atoms with E-state index in [0.717, 1.165) is 23.5 Å². The number of thiazole rings is 1. The van der Waals surface area contributed by atoms with E-state index in [-0.39, 0.29) is 12.4 Å². The molecule has 3 nitrogen and oxygen atoms in total. The van der Waals surface area contributed by atoms with Gasteiger partial charge in [-0.2, -0.15) is 0 Å². The summed E-state index contributed by atoms with van der Waals surface area (Å²) in [6.45, 7) is 0. The summed E-state index contributed by atoms with van der Waals surface area (Å²) in [7, 11) is 1.39. The van der Waals surface area contributed by atoms with Crippen LogP contribution in [0, 0.1) is 0 Å². The number of carbonyl (C=O) groups is 1. The molecule has 18 heavy (non-hydrogen) atoms. The predicted octanol–water partition coefficient (Wildman–Crippen LogP) is 2.64. The normalized spacial score (nSPS) is 10.3. The first-order chi connectivity index (χ1) is 8.78. The van der Waals surface area contributed by atoms with Crippen molar-refractivity contribution in [2.24, 2.45) is 0 Å². The van der Waals surface area contributed by atoms with E-state index in [4.69, 9.17) is 0 Å². The van der Waals surface area contributed by atoms with E-state index < -0.39 is 0 Å². The van der Waals surface area contributed by atoms with Gasteiger partial charge in [-0.05, 0) is 12.0 Å². The highest BCUT2D eigenvalue weighted by Gasteiger charge is 2.07. The molecule has 2 rings (SSSR count). The van der Waals surface area contributed by atoms with E-state index in [0.29, 0.717) is 0 Å². The van der Waals surface area contributed by atoms with Crippen LogP contribution in [0.2, 0.25) is 0 Å². The molecular weight excluding hydrogens is 246 g/mol. The largest absolute Gasteiger partial charge is 0.469 e. The Balaban J connectivity index is 1.89. The number of aromatic nitrogens is 1. The lowest BCUT2D eigenvalue weighted by molar-refractivity contribution is -0.139. The van der Waals surface area contributed by atoms with Crippen LogP contribution < -0.4 is 0 Å². The molecule has 0 aliphatic carbocycles. The Kier molecular flexibility index (Phi) is 4.47. The summed E-state index contributed by atoms with van der Waals surface area (Å²) >= 11 is 1.60. The Morgan fingerprint density at radius 1 is 1.28 bits per heavy atom. The van der Waals surface area contributed by atoms with E-state index >= 15 is 0 Å². The lowest BCUT2D eigenvalue weighted by Crippen LogP contribution is -2.04. The van der Waals surface area contributed by atoms with Crippen LogP contribution in [-0.4, -0.2) is 18.1 Å². The van der Waals surface area contributed by atoms with Crippen molar-refractivity contribution in [3.8, 4) is 0 Å². The quantitative estimate of drug-likeness (QED) is 0.777. The molecule has 0 saturated heterocycles. The lowest BCUT2D eigenvalue weighted by atomic mass is 10.1. The molecule has 1 heterocycles. The predicted molar refractivity (Wildman–Crippen MR) is 71.7 cm³/mol. The molecule has 1 aromatic carbocycles. The van der Waals surface area contributed by atoms with Crippen molar-refractivity contribution in [3.05, 3.63) is 52.0 Å². The molecule has 0 saturated carbocycles. The highest BCUT2D eigenvalue weighted by molar-refractivity contribution is 7.09. The smallest absolute Gasteiger partial charge is 0.311 e. The lowest BCUT2D eigenvalue weighted by Gasteiger charge is -1.98. The number of benzene rings is 1. The zero-order valence-electron chi connectivity index (χ0n) is 10.3. The average Bonchev–Trinajstić information content (AvgIpc) is 2.85. The molecule has 0 atom stereocenters. The molecule has 0 radical (unpaired) electrons. The van der Waals surface area contributed by atoms with Crippen molar-refractivity contribution in [2.75, 3.05) is 7.11 Å². The second kappa shape index (κ2) is 6.31. The Bertz CT molecular complexity index is 508. The van der Waals surface area contributed by atoms with Crippen LogP contribution in [0.3, 0.4) is 0 Å². The Hall–Kier alpha value is -1.68. The topological polar surface area (TPSA) is 39.2 Å². The minimum atomic E-state index is -0.241. The monoisotopic (exact) mass is 261 g/mol. The zero-order chi connectivity index (χ0) is 12.8. The number of methoxy groups -OCH3 is 1. The molecule has 0 bridgehead atoms. The van der Waals surface area contributed by atoms with Gasteiger partial charge in [0.05, 0.1) is 24.2 Å². The second-order valence-electron chi connectivity index (χ2n) is 3.97. The van der Waals surface area contributed by atoms with Gasteiger partial charge in [-0.15, -0.1) is 11.3 Å².